The Morgan fingerprint density at radius 3 is 2.44 bits per heavy atom. The third kappa shape index (κ3) is 4.15. The molecule has 0 saturated heterocycles. The standard InChI is InChI=1S/C26H16ClFN2O2/c27-19-6-3-5-17(13-19)22-15-23(21-14-18-4-1-2-7-24(18)32-26(21)31)30-25(29-22)12-16-8-10-20(28)11-9-16/h1-11,13-15H,12H2. The maximum atomic E-state index is 13.3. The largest absolute Gasteiger partial charge is 0.422 e. The molecule has 0 atom stereocenters. The van der Waals surface area contributed by atoms with Gasteiger partial charge in [0, 0.05) is 22.4 Å². The van der Waals surface area contributed by atoms with Gasteiger partial charge >= 0.3 is 5.63 Å². The average Bonchev–Trinajstić information content (AvgIpc) is 2.80. The number of halogens is 2. The second-order valence-electron chi connectivity index (χ2n) is 7.35. The monoisotopic (exact) mass is 442 g/mol. The fourth-order valence-electron chi connectivity index (χ4n) is 3.54. The molecule has 156 valence electrons. The van der Waals surface area contributed by atoms with Crippen molar-refractivity contribution < 1.29 is 8.81 Å². The molecule has 0 aliphatic rings. The van der Waals surface area contributed by atoms with E-state index in [4.69, 9.17) is 16.0 Å². The molecule has 4 nitrogen and oxygen atoms in total. The lowest BCUT2D eigenvalue weighted by molar-refractivity contribution is 0.563. The summed E-state index contributed by atoms with van der Waals surface area (Å²) in [6.45, 7) is 0. The predicted molar refractivity (Wildman–Crippen MR) is 123 cm³/mol. The number of para-hydroxylation sites is 1. The minimum absolute atomic E-state index is 0.309. The number of benzene rings is 3. The lowest BCUT2D eigenvalue weighted by atomic mass is 10.1. The molecule has 0 aliphatic heterocycles. The van der Waals surface area contributed by atoms with E-state index in [1.165, 1.54) is 12.1 Å². The van der Waals surface area contributed by atoms with Crippen LogP contribution < -0.4 is 5.63 Å². The minimum atomic E-state index is -0.479. The van der Waals surface area contributed by atoms with Crippen LogP contribution in [0, 0.1) is 5.82 Å². The number of fused-ring (bicyclic) bond motifs is 1. The highest BCUT2D eigenvalue weighted by molar-refractivity contribution is 6.30. The molecule has 0 N–H and O–H groups in total. The summed E-state index contributed by atoms with van der Waals surface area (Å²) in [5, 5.41) is 1.37. The maximum absolute atomic E-state index is 13.3. The Balaban J connectivity index is 1.67. The van der Waals surface area contributed by atoms with Crippen LogP contribution in [0.2, 0.25) is 5.02 Å². The van der Waals surface area contributed by atoms with Crippen molar-refractivity contribution in [2.24, 2.45) is 0 Å². The normalized spacial score (nSPS) is 11.1. The summed E-state index contributed by atoms with van der Waals surface area (Å²) in [4.78, 5) is 22.1. The molecule has 0 fully saturated rings. The van der Waals surface area contributed by atoms with E-state index in [0.717, 1.165) is 16.5 Å². The van der Waals surface area contributed by atoms with Gasteiger partial charge < -0.3 is 4.42 Å². The smallest absolute Gasteiger partial charge is 0.345 e. The van der Waals surface area contributed by atoms with E-state index < -0.39 is 5.63 Å². The first-order valence-corrected chi connectivity index (χ1v) is 10.3. The van der Waals surface area contributed by atoms with E-state index in [1.807, 2.05) is 30.3 Å². The fraction of sp³-hybridized carbons (Fsp3) is 0.0385. The minimum Gasteiger partial charge on any atom is -0.422 e. The first-order valence-electron chi connectivity index (χ1n) is 9.97. The Morgan fingerprint density at radius 1 is 0.844 bits per heavy atom. The van der Waals surface area contributed by atoms with Crippen LogP contribution in [0.4, 0.5) is 4.39 Å². The van der Waals surface area contributed by atoms with Crippen LogP contribution in [0.25, 0.3) is 33.5 Å². The van der Waals surface area contributed by atoms with Crippen molar-refractivity contribution in [3.8, 4) is 22.5 Å². The molecular weight excluding hydrogens is 427 g/mol. The van der Waals surface area contributed by atoms with Gasteiger partial charge in [-0.3, -0.25) is 0 Å². The van der Waals surface area contributed by atoms with Gasteiger partial charge in [0.25, 0.3) is 0 Å². The molecule has 2 heterocycles. The van der Waals surface area contributed by atoms with Gasteiger partial charge in [-0.05, 0) is 48.0 Å². The molecule has 0 aliphatic carbocycles. The summed E-state index contributed by atoms with van der Waals surface area (Å²) in [6.07, 6.45) is 0.376. The highest BCUT2D eigenvalue weighted by Crippen LogP contribution is 2.26. The van der Waals surface area contributed by atoms with Crippen molar-refractivity contribution in [2.45, 2.75) is 6.42 Å². The lowest BCUT2D eigenvalue weighted by Gasteiger charge is -2.09. The molecule has 5 rings (SSSR count). The number of rotatable bonds is 4. The average molecular weight is 443 g/mol. The lowest BCUT2D eigenvalue weighted by Crippen LogP contribution is -2.07. The third-order valence-corrected chi connectivity index (χ3v) is 5.32. The molecule has 0 saturated carbocycles. The molecule has 2 aromatic heterocycles. The maximum Gasteiger partial charge on any atom is 0.345 e. The van der Waals surface area contributed by atoms with Gasteiger partial charge in [-0.25, -0.2) is 19.2 Å². The highest BCUT2D eigenvalue weighted by Gasteiger charge is 2.14. The summed E-state index contributed by atoms with van der Waals surface area (Å²) in [6, 6.07) is 24.3. The number of aromatic nitrogens is 2. The first kappa shape index (κ1) is 20.1. The number of hydrogen-bond acceptors (Lipinski definition) is 4. The van der Waals surface area contributed by atoms with E-state index in [9.17, 15) is 9.18 Å². The van der Waals surface area contributed by atoms with Crippen molar-refractivity contribution >= 4 is 22.6 Å². The molecule has 0 unspecified atom stereocenters. The second kappa shape index (κ2) is 8.36. The van der Waals surface area contributed by atoms with Gasteiger partial charge in [0.1, 0.15) is 17.2 Å². The quantitative estimate of drug-likeness (QED) is 0.306. The van der Waals surface area contributed by atoms with Crippen molar-refractivity contribution in [1.29, 1.82) is 0 Å². The van der Waals surface area contributed by atoms with Crippen LogP contribution >= 0.6 is 11.6 Å². The first-order chi connectivity index (χ1) is 15.5. The van der Waals surface area contributed by atoms with Crippen LogP contribution in [0.3, 0.4) is 0 Å². The molecule has 0 spiro atoms. The molecule has 32 heavy (non-hydrogen) atoms. The van der Waals surface area contributed by atoms with E-state index in [0.29, 0.717) is 39.8 Å². The van der Waals surface area contributed by atoms with Crippen LogP contribution in [-0.2, 0) is 6.42 Å². The Hall–Kier alpha value is -3.83. The Labute approximate surface area is 188 Å². The van der Waals surface area contributed by atoms with Crippen molar-refractivity contribution in [3.63, 3.8) is 0 Å². The van der Waals surface area contributed by atoms with E-state index in [1.54, 1.807) is 42.5 Å². The Kier molecular flexibility index (Phi) is 5.25. The van der Waals surface area contributed by atoms with Crippen LogP contribution in [0.15, 0.2) is 94.1 Å². The van der Waals surface area contributed by atoms with E-state index in [-0.39, 0.29) is 5.82 Å². The summed E-state index contributed by atoms with van der Waals surface area (Å²) in [5.74, 6) is 0.188. The fourth-order valence-corrected chi connectivity index (χ4v) is 3.73. The van der Waals surface area contributed by atoms with E-state index in [2.05, 4.69) is 9.97 Å². The zero-order chi connectivity index (χ0) is 22.1. The summed E-state index contributed by atoms with van der Waals surface area (Å²) < 4.78 is 18.8. The molecule has 0 amide bonds. The topological polar surface area (TPSA) is 56.0 Å². The zero-order valence-corrected chi connectivity index (χ0v) is 17.5. The van der Waals surface area contributed by atoms with Gasteiger partial charge in [0.05, 0.1) is 17.0 Å². The van der Waals surface area contributed by atoms with Gasteiger partial charge in [0.2, 0.25) is 0 Å². The summed E-state index contributed by atoms with van der Waals surface area (Å²) in [7, 11) is 0. The highest BCUT2D eigenvalue weighted by atomic mass is 35.5. The SMILES string of the molecule is O=c1oc2ccccc2cc1-c1cc(-c2cccc(Cl)c2)nc(Cc2ccc(F)cc2)n1. The Morgan fingerprint density at radius 2 is 1.62 bits per heavy atom. The third-order valence-electron chi connectivity index (χ3n) is 5.09. The summed E-state index contributed by atoms with van der Waals surface area (Å²) in [5.41, 5.74) is 3.10. The molecule has 5 aromatic rings. The number of hydrogen-bond donors (Lipinski definition) is 0. The van der Waals surface area contributed by atoms with Crippen molar-refractivity contribution in [3.05, 3.63) is 118 Å². The Bertz CT molecular complexity index is 1500. The molecule has 0 bridgehead atoms. The van der Waals surface area contributed by atoms with Gasteiger partial charge in [-0.1, -0.05) is 54.1 Å². The van der Waals surface area contributed by atoms with Crippen molar-refractivity contribution in [2.75, 3.05) is 0 Å². The molecule has 6 heteroatoms. The molecule has 3 aromatic carbocycles. The van der Waals surface area contributed by atoms with Gasteiger partial charge in [-0.15, -0.1) is 0 Å². The molecule has 0 radical (unpaired) electrons. The molecular formula is C26H16ClFN2O2. The number of nitrogens with zero attached hydrogens (tertiary/aromatic N) is 2. The zero-order valence-electron chi connectivity index (χ0n) is 16.8. The van der Waals surface area contributed by atoms with Crippen molar-refractivity contribution in [1.82, 2.24) is 9.97 Å². The predicted octanol–water partition coefficient (Wildman–Crippen LogP) is 6.30. The van der Waals surface area contributed by atoms with Gasteiger partial charge in [-0.2, -0.15) is 0 Å². The van der Waals surface area contributed by atoms with Crippen LogP contribution in [0.1, 0.15) is 11.4 Å². The summed E-state index contributed by atoms with van der Waals surface area (Å²) >= 11 is 6.18. The van der Waals surface area contributed by atoms with Gasteiger partial charge in [0.15, 0.2) is 0 Å². The second-order valence-corrected chi connectivity index (χ2v) is 7.79. The van der Waals surface area contributed by atoms with E-state index >= 15 is 0 Å². The van der Waals surface area contributed by atoms with Crippen LogP contribution in [-0.4, -0.2) is 9.97 Å². The van der Waals surface area contributed by atoms with Crippen LogP contribution in [0.5, 0.6) is 0 Å².